The maximum Gasteiger partial charge on any atom is 0.240 e. The van der Waals surface area contributed by atoms with E-state index in [2.05, 4.69) is 39.3 Å². The first-order valence-corrected chi connectivity index (χ1v) is 16.5. The molecule has 6 rings (SSSR count). The number of aliphatic hydroxyl groups excluding tert-OH is 2. The summed E-state index contributed by atoms with van der Waals surface area (Å²) in [6.07, 6.45) is -2.49. The molecular weight excluding hydrogens is 608 g/mol. The Morgan fingerprint density at radius 2 is 1.54 bits per heavy atom. The molecule has 3 aromatic carbocycles. The fourth-order valence-electron chi connectivity index (χ4n) is 5.62. The normalized spacial score (nSPS) is 20.0. The van der Waals surface area contributed by atoms with Gasteiger partial charge >= 0.3 is 0 Å². The lowest BCUT2D eigenvalue weighted by Gasteiger charge is -2.20. The van der Waals surface area contributed by atoms with Gasteiger partial charge in [0, 0.05) is 32.5 Å². The third-order valence-electron chi connectivity index (χ3n) is 7.98. The van der Waals surface area contributed by atoms with Crippen LogP contribution in [0.5, 0.6) is 0 Å². The molecule has 1 aliphatic rings. The molecule has 5 aromatic rings. The summed E-state index contributed by atoms with van der Waals surface area (Å²) >= 11 is 0. The summed E-state index contributed by atoms with van der Waals surface area (Å²) in [7, 11) is -2.24. The van der Waals surface area contributed by atoms with Crippen molar-refractivity contribution in [3.05, 3.63) is 114 Å². The van der Waals surface area contributed by atoms with Crippen LogP contribution in [0.2, 0.25) is 0 Å². The van der Waals surface area contributed by atoms with E-state index in [1.807, 2.05) is 36.4 Å². The smallest absolute Gasteiger partial charge is 0.240 e. The average Bonchev–Trinajstić information content (AvgIpc) is 3.62. The number of hydrogen-bond donors (Lipinski definition) is 4. The van der Waals surface area contributed by atoms with E-state index < -0.39 is 34.6 Å². The van der Waals surface area contributed by atoms with Crippen LogP contribution in [0.3, 0.4) is 0 Å². The number of fused-ring (bicyclic) bond motifs is 1. The number of aliphatic hydroxyl groups is 2. The van der Waals surface area contributed by atoms with Crippen molar-refractivity contribution in [1.29, 1.82) is 0 Å². The Morgan fingerprint density at radius 1 is 0.913 bits per heavy atom. The quantitative estimate of drug-likeness (QED) is 0.150. The van der Waals surface area contributed by atoms with Crippen molar-refractivity contribution in [2.45, 2.75) is 41.8 Å². The minimum Gasteiger partial charge on any atom is -0.387 e. The summed E-state index contributed by atoms with van der Waals surface area (Å²) in [4.78, 5) is 14.2. The van der Waals surface area contributed by atoms with Crippen molar-refractivity contribution in [2.75, 3.05) is 32.1 Å². The zero-order valence-corrected chi connectivity index (χ0v) is 26.0. The van der Waals surface area contributed by atoms with Gasteiger partial charge in [-0.15, -0.1) is 0 Å². The number of nitrogens with zero attached hydrogens (tertiary/aromatic N) is 4. The second-order valence-electron chi connectivity index (χ2n) is 11.0. The van der Waals surface area contributed by atoms with E-state index in [4.69, 9.17) is 19.4 Å². The molecule has 0 amide bonds. The molecular formula is C33H36N6O6S. The summed E-state index contributed by atoms with van der Waals surface area (Å²) in [6.45, 7) is 0.616. The minimum absolute atomic E-state index is 0.0134. The molecule has 0 bridgehead atoms. The average molecular weight is 645 g/mol. The molecule has 240 valence electrons. The van der Waals surface area contributed by atoms with Crippen LogP contribution < -0.4 is 10.0 Å². The first-order valence-electron chi connectivity index (χ1n) is 15.0. The highest BCUT2D eigenvalue weighted by atomic mass is 32.2. The van der Waals surface area contributed by atoms with Crippen LogP contribution in [-0.2, 0) is 25.9 Å². The van der Waals surface area contributed by atoms with E-state index in [1.54, 1.807) is 22.8 Å². The van der Waals surface area contributed by atoms with Gasteiger partial charge in [-0.3, -0.25) is 4.57 Å². The third-order valence-corrected chi connectivity index (χ3v) is 9.46. The van der Waals surface area contributed by atoms with Crippen LogP contribution in [0.4, 0.5) is 5.82 Å². The van der Waals surface area contributed by atoms with Crippen molar-refractivity contribution >= 4 is 27.0 Å². The summed E-state index contributed by atoms with van der Waals surface area (Å²) < 4.78 is 41.0. The van der Waals surface area contributed by atoms with Crippen LogP contribution >= 0.6 is 0 Å². The van der Waals surface area contributed by atoms with Crippen molar-refractivity contribution in [2.24, 2.45) is 0 Å². The summed E-state index contributed by atoms with van der Waals surface area (Å²) in [5.74, 6) is 0.786. The second kappa shape index (κ2) is 14.0. The number of anilines is 1. The lowest BCUT2D eigenvalue weighted by Crippen LogP contribution is -2.33. The lowest BCUT2D eigenvalue weighted by molar-refractivity contribution is -0.0580. The number of rotatable bonds is 13. The van der Waals surface area contributed by atoms with Gasteiger partial charge in [-0.2, -0.15) is 0 Å². The van der Waals surface area contributed by atoms with Crippen LogP contribution in [0.25, 0.3) is 11.2 Å². The van der Waals surface area contributed by atoms with Crippen molar-refractivity contribution < 1.29 is 28.1 Å². The van der Waals surface area contributed by atoms with Gasteiger partial charge in [0.2, 0.25) is 10.0 Å². The molecule has 1 saturated heterocycles. The number of methoxy groups -OCH3 is 1. The topological polar surface area (TPSA) is 161 Å². The van der Waals surface area contributed by atoms with E-state index in [0.717, 1.165) is 11.1 Å². The number of hydrogen-bond acceptors (Lipinski definition) is 10. The number of sulfonamides is 1. The molecule has 2 aromatic heterocycles. The van der Waals surface area contributed by atoms with Gasteiger partial charge in [0.15, 0.2) is 23.2 Å². The molecule has 13 heteroatoms. The predicted octanol–water partition coefficient (Wildman–Crippen LogP) is 2.86. The van der Waals surface area contributed by atoms with Gasteiger partial charge in [-0.25, -0.2) is 28.1 Å². The number of aromatic nitrogens is 4. The molecule has 0 unspecified atom stereocenters. The zero-order chi connectivity index (χ0) is 32.1. The monoisotopic (exact) mass is 644 g/mol. The standard InChI is InChI=1S/C33H36N6O6S/c1-44-20-26-29(40)30(41)33(45-26)39-21-35-28-31(34-19-25(22-11-5-2-6-12-22)23-13-7-3-8-14-23)37-27(38-32(28)39)17-18-36-46(42,43)24-15-9-4-10-16-24/h2-16,21,25-26,29-30,33,36,40-41H,17-20H2,1H3,(H,34,37,38)/t26-,29-,30+,33-/m1/s1. The zero-order valence-electron chi connectivity index (χ0n) is 25.2. The molecule has 0 radical (unpaired) electrons. The molecule has 4 atom stereocenters. The Morgan fingerprint density at radius 3 is 2.17 bits per heavy atom. The van der Waals surface area contributed by atoms with Gasteiger partial charge < -0.3 is 25.0 Å². The van der Waals surface area contributed by atoms with Gasteiger partial charge in [-0.1, -0.05) is 78.9 Å². The van der Waals surface area contributed by atoms with Crippen LogP contribution in [0.1, 0.15) is 29.1 Å². The SMILES string of the molecule is COC[C@H]1O[C@@H](n2cnc3c(NCC(c4ccccc4)c4ccccc4)nc(CCNS(=O)(=O)c4ccccc4)nc32)[C@@H](O)[C@@H]1O. The number of imidazole rings is 1. The van der Waals surface area contributed by atoms with Crippen molar-refractivity contribution in [3.8, 4) is 0 Å². The highest BCUT2D eigenvalue weighted by Gasteiger charge is 2.44. The molecule has 4 N–H and O–H groups in total. The summed E-state index contributed by atoms with van der Waals surface area (Å²) in [5.41, 5.74) is 3.04. The minimum atomic E-state index is -3.73. The number of nitrogens with one attached hydrogen (secondary N) is 2. The van der Waals surface area contributed by atoms with Crippen molar-refractivity contribution in [3.63, 3.8) is 0 Å². The lowest BCUT2D eigenvalue weighted by atomic mass is 9.91. The second-order valence-corrected chi connectivity index (χ2v) is 12.8. The van der Waals surface area contributed by atoms with Crippen molar-refractivity contribution in [1.82, 2.24) is 24.2 Å². The highest BCUT2D eigenvalue weighted by Crippen LogP contribution is 2.33. The van der Waals surface area contributed by atoms with Crippen LogP contribution in [0, 0.1) is 0 Å². The van der Waals surface area contributed by atoms with E-state index in [9.17, 15) is 18.6 Å². The predicted molar refractivity (Wildman–Crippen MR) is 172 cm³/mol. The number of ether oxygens (including phenoxy) is 2. The maximum absolute atomic E-state index is 12.8. The van der Waals surface area contributed by atoms with Crippen LogP contribution in [-0.4, -0.2) is 83.3 Å². The Balaban J connectivity index is 1.32. The Labute approximate surface area is 267 Å². The van der Waals surface area contributed by atoms with Gasteiger partial charge in [-0.05, 0) is 23.3 Å². The fraction of sp³-hybridized carbons (Fsp3) is 0.303. The van der Waals surface area contributed by atoms with Gasteiger partial charge in [0.05, 0.1) is 17.8 Å². The summed E-state index contributed by atoms with van der Waals surface area (Å²) in [5, 5.41) is 24.9. The highest BCUT2D eigenvalue weighted by molar-refractivity contribution is 7.89. The first-order chi connectivity index (χ1) is 22.4. The largest absolute Gasteiger partial charge is 0.387 e. The molecule has 1 aliphatic heterocycles. The molecule has 0 spiro atoms. The molecule has 12 nitrogen and oxygen atoms in total. The number of benzene rings is 3. The third kappa shape index (κ3) is 6.79. The first kappa shape index (κ1) is 31.7. The van der Waals surface area contributed by atoms with Crippen LogP contribution in [0.15, 0.2) is 102 Å². The van der Waals surface area contributed by atoms with E-state index >= 15 is 0 Å². The van der Waals surface area contributed by atoms with E-state index in [-0.39, 0.29) is 30.4 Å². The van der Waals surface area contributed by atoms with E-state index in [1.165, 1.54) is 25.6 Å². The van der Waals surface area contributed by atoms with Gasteiger partial charge in [0.25, 0.3) is 0 Å². The molecule has 0 saturated carbocycles. The molecule has 0 aliphatic carbocycles. The Hall–Kier alpha value is -4.24. The molecule has 46 heavy (non-hydrogen) atoms. The van der Waals surface area contributed by atoms with Gasteiger partial charge in [0.1, 0.15) is 24.1 Å². The summed E-state index contributed by atoms with van der Waals surface area (Å²) in [6, 6.07) is 28.4. The molecule has 3 heterocycles. The van der Waals surface area contributed by atoms with E-state index in [0.29, 0.717) is 29.4 Å². The Bertz CT molecular complexity index is 1800. The molecule has 1 fully saturated rings. The fourth-order valence-corrected chi connectivity index (χ4v) is 6.67. The maximum atomic E-state index is 12.8. The Kier molecular flexibility index (Phi) is 9.68.